The van der Waals surface area contributed by atoms with E-state index in [1.165, 1.54) is 24.0 Å². The Hall–Kier alpha value is -1.38. The minimum absolute atomic E-state index is 0.608. The molecule has 0 amide bonds. The first-order valence-corrected chi connectivity index (χ1v) is 7.49. The van der Waals surface area contributed by atoms with Crippen LogP contribution in [0.2, 0.25) is 5.02 Å². The maximum Gasteiger partial charge on any atom is 0.0570 e. The summed E-state index contributed by atoms with van der Waals surface area (Å²) in [4.78, 5) is 4.42. The highest BCUT2D eigenvalue weighted by Crippen LogP contribution is 2.37. The van der Waals surface area contributed by atoms with Crippen LogP contribution >= 0.6 is 11.6 Å². The summed E-state index contributed by atoms with van der Waals surface area (Å²) in [7, 11) is 0. The highest BCUT2D eigenvalue weighted by Gasteiger charge is 2.29. The van der Waals surface area contributed by atoms with E-state index >= 15 is 0 Å². The Morgan fingerprint density at radius 1 is 1.20 bits per heavy atom. The second kappa shape index (κ2) is 5.94. The van der Waals surface area contributed by atoms with Crippen molar-refractivity contribution in [2.45, 2.75) is 38.3 Å². The lowest BCUT2D eigenvalue weighted by Crippen LogP contribution is -2.39. The Morgan fingerprint density at radius 2 is 1.95 bits per heavy atom. The fraction of sp³-hybridized carbons (Fsp3) is 0.353. The van der Waals surface area contributed by atoms with Gasteiger partial charge in [0, 0.05) is 23.8 Å². The van der Waals surface area contributed by atoms with E-state index in [-0.39, 0.29) is 0 Å². The standard InChI is InChI=1S/C17H19ClN2/c1-12-3-2-8-19-17(12)11-20-16-9-14(10-16)13-4-6-15(18)7-5-13/h2-8,14,16,20H,9-11H2,1H3. The van der Waals surface area contributed by atoms with Crippen molar-refractivity contribution in [3.8, 4) is 0 Å². The van der Waals surface area contributed by atoms with Gasteiger partial charge in [-0.05, 0) is 55.0 Å². The lowest BCUT2D eigenvalue weighted by Gasteiger charge is -2.36. The van der Waals surface area contributed by atoms with Gasteiger partial charge in [-0.25, -0.2) is 0 Å². The molecule has 1 aromatic carbocycles. The molecule has 3 rings (SSSR count). The molecule has 2 aromatic rings. The van der Waals surface area contributed by atoms with E-state index in [0.717, 1.165) is 17.3 Å². The monoisotopic (exact) mass is 286 g/mol. The first kappa shape index (κ1) is 13.6. The van der Waals surface area contributed by atoms with Gasteiger partial charge in [0.15, 0.2) is 0 Å². The van der Waals surface area contributed by atoms with E-state index in [1.54, 1.807) is 0 Å². The van der Waals surface area contributed by atoms with Gasteiger partial charge in [-0.2, -0.15) is 0 Å². The predicted molar refractivity (Wildman–Crippen MR) is 83.0 cm³/mol. The van der Waals surface area contributed by atoms with Crippen LogP contribution in [-0.2, 0) is 6.54 Å². The van der Waals surface area contributed by atoms with Crippen LogP contribution in [0.3, 0.4) is 0 Å². The van der Waals surface area contributed by atoms with Gasteiger partial charge in [-0.3, -0.25) is 4.98 Å². The molecule has 0 atom stereocenters. The minimum atomic E-state index is 0.608. The number of hydrogen-bond acceptors (Lipinski definition) is 2. The fourth-order valence-electron chi connectivity index (χ4n) is 2.74. The quantitative estimate of drug-likeness (QED) is 0.916. The molecule has 1 aliphatic rings. The Kier molecular flexibility index (Phi) is 4.04. The van der Waals surface area contributed by atoms with Crippen molar-refractivity contribution >= 4 is 11.6 Å². The number of halogens is 1. The number of nitrogens with zero attached hydrogens (tertiary/aromatic N) is 1. The van der Waals surface area contributed by atoms with Crippen LogP contribution in [0.15, 0.2) is 42.6 Å². The van der Waals surface area contributed by atoms with Crippen molar-refractivity contribution in [3.63, 3.8) is 0 Å². The van der Waals surface area contributed by atoms with Gasteiger partial charge in [0.05, 0.1) is 5.69 Å². The molecular weight excluding hydrogens is 268 g/mol. The summed E-state index contributed by atoms with van der Waals surface area (Å²) in [5.74, 6) is 0.676. The predicted octanol–water partition coefficient (Wildman–Crippen LogP) is 4.08. The van der Waals surface area contributed by atoms with Crippen LogP contribution in [0.4, 0.5) is 0 Å². The topological polar surface area (TPSA) is 24.9 Å². The fourth-order valence-corrected chi connectivity index (χ4v) is 2.86. The number of benzene rings is 1. The first-order valence-electron chi connectivity index (χ1n) is 7.11. The number of rotatable bonds is 4. The minimum Gasteiger partial charge on any atom is -0.308 e. The summed E-state index contributed by atoms with van der Waals surface area (Å²) in [6, 6.07) is 13.0. The van der Waals surface area contributed by atoms with Gasteiger partial charge in [-0.15, -0.1) is 0 Å². The van der Waals surface area contributed by atoms with E-state index in [0.29, 0.717) is 12.0 Å². The average molecular weight is 287 g/mol. The summed E-state index contributed by atoms with van der Waals surface area (Å²) in [5.41, 5.74) is 3.82. The number of aryl methyl sites for hydroxylation is 1. The van der Waals surface area contributed by atoms with E-state index in [4.69, 9.17) is 11.6 Å². The van der Waals surface area contributed by atoms with Crippen molar-refractivity contribution in [2.75, 3.05) is 0 Å². The summed E-state index contributed by atoms with van der Waals surface area (Å²) >= 11 is 5.92. The summed E-state index contributed by atoms with van der Waals surface area (Å²) in [6.07, 6.45) is 4.27. The Bertz CT molecular complexity index is 574. The van der Waals surface area contributed by atoms with Crippen LogP contribution < -0.4 is 5.32 Å². The number of hydrogen-bond donors (Lipinski definition) is 1. The van der Waals surface area contributed by atoms with Crippen LogP contribution in [-0.4, -0.2) is 11.0 Å². The van der Waals surface area contributed by atoms with Crippen molar-refractivity contribution in [3.05, 3.63) is 64.4 Å². The highest BCUT2D eigenvalue weighted by molar-refractivity contribution is 6.30. The zero-order valence-corrected chi connectivity index (χ0v) is 12.4. The highest BCUT2D eigenvalue weighted by atomic mass is 35.5. The number of pyridine rings is 1. The Labute approximate surface area is 125 Å². The van der Waals surface area contributed by atoms with Crippen LogP contribution in [0.5, 0.6) is 0 Å². The molecule has 0 aliphatic heterocycles. The molecule has 104 valence electrons. The molecule has 0 saturated heterocycles. The summed E-state index contributed by atoms with van der Waals surface area (Å²) in [5, 5.41) is 4.41. The van der Waals surface area contributed by atoms with E-state index in [2.05, 4.69) is 35.4 Å². The largest absolute Gasteiger partial charge is 0.308 e. The lowest BCUT2D eigenvalue weighted by atomic mass is 9.76. The Balaban J connectivity index is 1.49. The molecule has 0 bridgehead atoms. The third-order valence-electron chi connectivity index (χ3n) is 4.16. The molecule has 3 heteroatoms. The molecule has 0 unspecified atom stereocenters. The zero-order valence-electron chi connectivity index (χ0n) is 11.6. The second-order valence-electron chi connectivity index (χ2n) is 5.56. The molecule has 1 N–H and O–H groups in total. The molecule has 2 nitrogen and oxygen atoms in total. The molecule has 20 heavy (non-hydrogen) atoms. The van der Waals surface area contributed by atoms with Crippen molar-refractivity contribution < 1.29 is 0 Å². The molecular formula is C17H19ClN2. The third-order valence-corrected chi connectivity index (χ3v) is 4.41. The zero-order chi connectivity index (χ0) is 13.9. The van der Waals surface area contributed by atoms with Gasteiger partial charge in [0.25, 0.3) is 0 Å². The maximum absolute atomic E-state index is 5.92. The molecule has 0 radical (unpaired) electrons. The maximum atomic E-state index is 5.92. The SMILES string of the molecule is Cc1cccnc1CNC1CC(c2ccc(Cl)cc2)C1. The van der Waals surface area contributed by atoms with Gasteiger partial charge in [-0.1, -0.05) is 29.8 Å². The van der Waals surface area contributed by atoms with Crippen LogP contribution in [0, 0.1) is 6.92 Å². The van der Waals surface area contributed by atoms with E-state index in [1.807, 2.05) is 24.4 Å². The van der Waals surface area contributed by atoms with Crippen LogP contribution in [0.1, 0.15) is 35.6 Å². The second-order valence-corrected chi connectivity index (χ2v) is 6.00. The Morgan fingerprint density at radius 3 is 2.65 bits per heavy atom. The summed E-state index contributed by atoms with van der Waals surface area (Å²) < 4.78 is 0. The van der Waals surface area contributed by atoms with Gasteiger partial charge in [0.2, 0.25) is 0 Å². The normalized spacial score (nSPS) is 21.5. The van der Waals surface area contributed by atoms with Crippen molar-refractivity contribution in [1.29, 1.82) is 0 Å². The van der Waals surface area contributed by atoms with Gasteiger partial charge >= 0.3 is 0 Å². The number of nitrogens with one attached hydrogen (secondary N) is 1. The smallest absolute Gasteiger partial charge is 0.0570 e. The molecule has 1 saturated carbocycles. The average Bonchev–Trinajstić information content (AvgIpc) is 2.41. The molecule has 1 fully saturated rings. The van der Waals surface area contributed by atoms with Gasteiger partial charge < -0.3 is 5.32 Å². The lowest BCUT2D eigenvalue weighted by molar-refractivity contribution is 0.288. The molecule has 0 spiro atoms. The summed E-state index contributed by atoms with van der Waals surface area (Å²) in [6.45, 7) is 2.98. The van der Waals surface area contributed by atoms with Gasteiger partial charge in [0.1, 0.15) is 0 Å². The number of aromatic nitrogens is 1. The van der Waals surface area contributed by atoms with Crippen LogP contribution in [0.25, 0.3) is 0 Å². The molecule has 1 aliphatic carbocycles. The first-order chi connectivity index (χ1) is 9.72. The van der Waals surface area contributed by atoms with Crippen molar-refractivity contribution in [2.24, 2.45) is 0 Å². The molecule has 1 aromatic heterocycles. The van der Waals surface area contributed by atoms with E-state index in [9.17, 15) is 0 Å². The van der Waals surface area contributed by atoms with Crippen molar-refractivity contribution in [1.82, 2.24) is 10.3 Å². The van der Waals surface area contributed by atoms with E-state index < -0.39 is 0 Å². The molecule has 1 heterocycles. The third kappa shape index (κ3) is 3.02.